The summed E-state index contributed by atoms with van der Waals surface area (Å²) in [6.45, 7) is -0.266. The normalized spacial score (nSPS) is 38.7. The monoisotopic (exact) mass is 414 g/mol. The van der Waals surface area contributed by atoms with E-state index >= 15 is 0 Å². The molecule has 7 nitrogen and oxygen atoms in total. The molecule has 0 aromatic carbocycles. The van der Waals surface area contributed by atoms with E-state index < -0.39 is 5.97 Å². The van der Waals surface area contributed by atoms with Crippen LogP contribution in [-0.2, 0) is 23.9 Å². The predicted octanol–water partition coefficient (Wildman–Crippen LogP) is 1.96. The Kier molecular flexibility index (Phi) is 4.94. The van der Waals surface area contributed by atoms with Gasteiger partial charge in [-0.25, -0.2) is 0 Å². The summed E-state index contributed by atoms with van der Waals surface area (Å²) < 4.78 is 5.15. The summed E-state index contributed by atoms with van der Waals surface area (Å²) in [5.74, 6) is 0.438. The molecule has 0 radical (unpaired) electrons. The second-order valence-electron chi connectivity index (χ2n) is 10.1. The number of hydrogen-bond acceptors (Lipinski definition) is 5. The van der Waals surface area contributed by atoms with Gasteiger partial charge < -0.3 is 10.1 Å². The van der Waals surface area contributed by atoms with E-state index in [4.69, 9.17) is 4.74 Å². The van der Waals surface area contributed by atoms with Crippen molar-refractivity contribution in [3.8, 4) is 0 Å². The SMILES string of the molecule is O=C(COC(=O)CCN1C(=O)[C@H]2CC=CC[C@H]2C1=O)NC12CC3CC(CC(C3)C1)C2. The number of fused-ring (bicyclic) bond motifs is 1. The van der Waals surface area contributed by atoms with Crippen LogP contribution in [0.4, 0.5) is 0 Å². The first-order valence-corrected chi connectivity index (χ1v) is 11.4. The predicted molar refractivity (Wildman–Crippen MR) is 107 cm³/mol. The van der Waals surface area contributed by atoms with Gasteiger partial charge in [0, 0.05) is 12.1 Å². The topological polar surface area (TPSA) is 92.8 Å². The number of amides is 3. The molecule has 30 heavy (non-hydrogen) atoms. The number of imide groups is 1. The zero-order valence-electron chi connectivity index (χ0n) is 17.3. The number of ether oxygens (including phenoxy) is 1. The second kappa shape index (κ2) is 7.50. The fourth-order valence-electron chi connectivity index (χ4n) is 7.11. The molecule has 6 rings (SSSR count). The van der Waals surface area contributed by atoms with Crippen LogP contribution < -0.4 is 5.32 Å². The number of carbonyl (C=O) groups is 4. The molecule has 0 spiro atoms. The molecular formula is C23H30N2O5. The molecule has 1 N–H and O–H groups in total. The minimum absolute atomic E-state index is 0.0279. The van der Waals surface area contributed by atoms with Gasteiger partial charge in [0.15, 0.2) is 6.61 Å². The van der Waals surface area contributed by atoms with Gasteiger partial charge in [0.25, 0.3) is 5.91 Å². The number of hydrogen-bond donors (Lipinski definition) is 1. The number of likely N-dealkylation sites (tertiary alicyclic amines) is 1. The lowest BCUT2D eigenvalue weighted by molar-refractivity contribution is -0.151. The highest BCUT2D eigenvalue weighted by Crippen LogP contribution is 2.55. The molecule has 4 bridgehead atoms. The molecule has 162 valence electrons. The standard InChI is InChI=1S/C23H30N2O5/c26-19(24-23-10-14-7-15(11-23)9-16(8-14)12-23)13-30-20(27)5-6-25-21(28)17-3-1-2-4-18(17)22(25)29/h1-2,14-18H,3-13H2,(H,24,26)/t14?,15?,16?,17-,18+,23?. The van der Waals surface area contributed by atoms with Crippen LogP contribution in [0.5, 0.6) is 0 Å². The van der Waals surface area contributed by atoms with Crippen molar-refractivity contribution in [3.63, 3.8) is 0 Å². The van der Waals surface area contributed by atoms with E-state index in [1.807, 2.05) is 12.2 Å². The lowest BCUT2D eigenvalue weighted by Crippen LogP contribution is -2.60. The summed E-state index contributed by atoms with van der Waals surface area (Å²) in [4.78, 5) is 50.7. The molecule has 4 saturated carbocycles. The van der Waals surface area contributed by atoms with E-state index in [9.17, 15) is 19.2 Å². The summed E-state index contributed by atoms with van der Waals surface area (Å²) >= 11 is 0. The molecule has 0 unspecified atom stereocenters. The molecule has 1 saturated heterocycles. The molecule has 6 aliphatic rings. The van der Waals surface area contributed by atoms with Gasteiger partial charge in [-0.15, -0.1) is 0 Å². The highest BCUT2D eigenvalue weighted by atomic mass is 16.5. The van der Waals surface area contributed by atoms with E-state index in [1.165, 1.54) is 24.2 Å². The number of rotatable bonds is 6. The van der Waals surface area contributed by atoms with Crippen LogP contribution >= 0.6 is 0 Å². The highest BCUT2D eigenvalue weighted by Gasteiger charge is 2.51. The maximum atomic E-state index is 12.5. The fraction of sp³-hybridized carbons (Fsp3) is 0.739. The molecule has 0 aromatic rings. The molecule has 5 fully saturated rings. The van der Waals surface area contributed by atoms with Crippen LogP contribution in [0.15, 0.2) is 12.2 Å². The number of nitrogens with one attached hydrogen (secondary N) is 1. The van der Waals surface area contributed by atoms with E-state index in [-0.39, 0.29) is 54.7 Å². The Morgan fingerprint density at radius 2 is 1.50 bits per heavy atom. The largest absolute Gasteiger partial charge is 0.456 e. The summed E-state index contributed by atoms with van der Waals surface area (Å²) in [6, 6.07) is 0. The Hall–Kier alpha value is -2.18. The minimum Gasteiger partial charge on any atom is -0.456 e. The zero-order chi connectivity index (χ0) is 20.9. The van der Waals surface area contributed by atoms with Crippen molar-refractivity contribution in [1.82, 2.24) is 10.2 Å². The first-order chi connectivity index (χ1) is 14.4. The molecule has 7 heteroatoms. The number of nitrogens with zero attached hydrogens (tertiary/aromatic N) is 1. The van der Waals surface area contributed by atoms with Gasteiger partial charge >= 0.3 is 5.97 Å². The maximum Gasteiger partial charge on any atom is 0.308 e. The summed E-state index contributed by atoms with van der Waals surface area (Å²) in [5, 5.41) is 3.18. The van der Waals surface area contributed by atoms with Crippen LogP contribution in [-0.4, -0.2) is 47.3 Å². The van der Waals surface area contributed by atoms with Gasteiger partial charge in [0.1, 0.15) is 0 Å². The molecule has 3 amide bonds. The smallest absolute Gasteiger partial charge is 0.308 e. The van der Waals surface area contributed by atoms with Crippen molar-refractivity contribution in [2.24, 2.45) is 29.6 Å². The van der Waals surface area contributed by atoms with Crippen LogP contribution in [0, 0.1) is 29.6 Å². The average Bonchev–Trinajstić information content (AvgIpc) is 2.94. The third-order valence-corrected chi connectivity index (χ3v) is 7.95. The molecule has 1 aliphatic heterocycles. The van der Waals surface area contributed by atoms with Crippen molar-refractivity contribution in [1.29, 1.82) is 0 Å². The third-order valence-electron chi connectivity index (χ3n) is 7.95. The lowest BCUT2D eigenvalue weighted by Gasteiger charge is -2.56. The lowest BCUT2D eigenvalue weighted by atomic mass is 9.53. The van der Waals surface area contributed by atoms with Crippen LogP contribution in [0.2, 0.25) is 0 Å². The number of allylic oxidation sites excluding steroid dienone is 2. The number of esters is 1. The van der Waals surface area contributed by atoms with Gasteiger partial charge in [-0.05, 0) is 69.1 Å². The van der Waals surface area contributed by atoms with Gasteiger partial charge in [-0.3, -0.25) is 24.1 Å². The maximum absolute atomic E-state index is 12.5. The Morgan fingerprint density at radius 3 is 2.03 bits per heavy atom. The van der Waals surface area contributed by atoms with Crippen LogP contribution in [0.3, 0.4) is 0 Å². The Balaban J connectivity index is 1.07. The van der Waals surface area contributed by atoms with Crippen molar-refractivity contribution < 1.29 is 23.9 Å². The van der Waals surface area contributed by atoms with E-state index in [0.717, 1.165) is 37.0 Å². The summed E-state index contributed by atoms with van der Waals surface area (Å²) in [5.41, 5.74) is -0.100. The Labute approximate surface area is 176 Å². The van der Waals surface area contributed by atoms with E-state index in [1.54, 1.807) is 0 Å². The molecule has 0 aromatic heterocycles. The van der Waals surface area contributed by atoms with Crippen molar-refractivity contribution in [2.75, 3.05) is 13.2 Å². The van der Waals surface area contributed by atoms with Gasteiger partial charge in [-0.1, -0.05) is 12.2 Å². The zero-order valence-corrected chi connectivity index (χ0v) is 17.3. The molecular weight excluding hydrogens is 384 g/mol. The van der Waals surface area contributed by atoms with Crippen molar-refractivity contribution in [2.45, 2.75) is 63.3 Å². The Bertz CT molecular complexity index is 742. The van der Waals surface area contributed by atoms with Crippen molar-refractivity contribution >= 4 is 23.7 Å². The van der Waals surface area contributed by atoms with Gasteiger partial charge in [-0.2, -0.15) is 0 Å². The molecule has 2 atom stereocenters. The minimum atomic E-state index is -0.552. The quantitative estimate of drug-likeness (QED) is 0.407. The highest BCUT2D eigenvalue weighted by molar-refractivity contribution is 6.05. The van der Waals surface area contributed by atoms with Gasteiger partial charge in [0.05, 0.1) is 18.3 Å². The summed E-state index contributed by atoms with van der Waals surface area (Å²) in [7, 11) is 0. The average molecular weight is 415 g/mol. The second-order valence-corrected chi connectivity index (χ2v) is 10.1. The number of carbonyl (C=O) groups excluding carboxylic acids is 4. The first-order valence-electron chi connectivity index (χ1n) is 11.4. The molecule has 5 aliphatic carbocycles. The van der Waals surface area contributed by atoms with E-state index in [0.29, 0.717) is 12.8 Å². The molecule has 1 heterocycles. The van der Waals surface area contributed by atoms with E-state index in [2.05, 4.69) is 5.32 Å². The summed E-state index contributed by atoms with van der Waals surface area (Å²) in [6.07, 6.45) is 12.0. The Morgan fingerprint density at radius 1 is 0.967 bits per heavy atom. The third kappa shape index (κ3) is 3.56. The fourth-order valence-corrected chi connectivity index (χ4v) is 7.11. The van der Waals surface area contributed by atoms with Gasteiger partial charge in [0.2, 0.25) is 11.8 Å². The van der Waals surface area contributed by atoms with Crippen molar-refractivity contribution in [3.05, 3.63) is 12.2 Å². The first kappa shape index (κ1) is 19.8. The van der Waals surface area contributed by atoms with Crippen LogP contribution in [0.1, 0.15) is 57.8 Å². The van der Waals surface area contributed by atoms with Crippen LogP contribution in [0.25, 0.3) is 0 Å².